The van der Waals surface area contributed by atoms with Crippen molar-refractivity contribution < 1.29 is 29.4 Å². The van der Waals surface area contributed by atoms with Crippen LogP contribution in [0.4, 0.5) is 0 Å². The summed E-state index contributed by atoms with van der Waals surface area (Å²) < 4.78 is 0. The van der Waals surface area contributed by atoms with Crippen LogP contribution >= 0.6 is 0 Å². The van der Waals surface area contributed by atoms with Gasteiger partial charge in [-0.3, -0.25) is 9.59 Å². The Kier molecular flexibility index (Phi) is 11.0. The van der Waals surface area contributed by atoms with Crippen LogP contribution in [0, 0.1) is 0 Å². The Morgan fingerprint density at radius 2 is 1.21 bits per heavy atom. The van der Waals surface area contributed by atoms with Gasteiger partial charge in [-0.05, 0) is 58.0 Å². The second-order valence-corrected chi connectivity index (χ2v) is 6.98. The Labute approximate surface area is 164 Å². The highest BCUT2D eigenvalue weighted by Gasteiger charge is 2.45. The summed E-state index contributed by atoms with van der Waals surface area (Å²) in [6, 6.07) is -1.34. The molecule has 0 fully saturated rings. The van der Waals surface area contributed by atoms with Crippen molar-refractivity contribution in [1.29, 1.82) is 0 Å². The third-order valence-electron chi connectivity index (χ3n) is 4.77. The number of hydrogen-bond acceptors (Lipinski definition) is 9. The predicted molar refractivity (Wildman–Crippen MR) is 102 cm³/mol. The Balaban J connectivity index is 5.05. The molecule has 0 saturated carbocycles. The van der Waals surface area contributed by atoms with E-state index in [1.165, 1.54) is 0 Å². The first-order valence-electron chi connectivity index (χ1n) is 9.25. The number of ketones is 2. The van der Waals surface area contributed by atoms with Crippen molar-refractivity contribution in [2.75, 3.05) is 13.1 Å². The summed E-state index contributed by atoms with van der Waals surface area (Å²) in [6.07, 6.45) is 0.774. The highest BCUT2D eigenvalue weighted by molar-refractivity contribution is 6.10. The molecule has 0 aliphatic carbocycles. The Morgan fingerprint density at radius 3 is 1.61 bits per heavy atom. The average Bonchev–Trinajstić information content (AvgIpc) is 2.64. The lowest BCUT2D eigenvalue weighted by molar-refractivity contribution is -0.149. The van der Waals surface area contributed by atoms with Crippen molar-refractivity contribution in [1.82, 2.24) is 0 Å². The van der Waals surface area contributed by atoms with Crippen molar-refractivity contribution in [3.05, 3.63) is 0 Å². The first kappa shape index (κ1) is 26.1. The highest BCUT2D eigenvalue weighted by atomic mass is 16.4. The van der Waals surface area contributed by atoms with E-state index in [9.17, 15) is 29.4 Å². The zero-order chi connectivity index (χ0) is 22.0. The van der Waals surface area contributed by atoms with Crippen LogP contribution in [0.3, 0.4) is 0 Å². The van der Waals surface area contributed by atoms with Gasteiger partial charge in [0.1, 0.15) is 0 Å². The lowest BCUT2D eigenvalue weighted by Gasteiger charge is -2.27. The zero-order valence-electron chi connectivity index (χ0n) is 16.1. The second-order valence-electron chi connectivity index (χ2n) is 6.98. The number of Topliss-reactive ketones (excluding diaryl/α,β-unsaturated/α-hetero) is 2. The summed E-state index contributed by atoms with van der Waals surface area (Å²) in [6.45, 7) is 0.656. The van der Waals surface area contributed by atoms with Gasteiger partial charge in [-0.1, -0.05) is 0 Å². The smallest absolute Gasteiger partial charge is 0.331 e. The molecule has 0 rings (SSSR count). The van der Waals surface area contributed by atoms with Gasteiger partial charge in [-0.15, -0.1) is 0 Å². The third-order valence-corrected chi connectivity index (χ3v) is 4.77. The standard InChI is InChI=1S/C17H33N5O6/c18-9-3-1-7-16(21,14(25)26)12(23)6-5-11(20)13(24)17(22,15(27)28)8-2-4-10-19/h11H,1-10,18-22H2,(H,25,26)(H,27,28). The molecule has 28 heavy (non-hydrogen) atoms. The van der Waals surface area contributed by atoms with E-state index in [2.05, 4.69) is 0 Å². The molecule has 0 amide bonds. The van der Waals surface area contributed by atoms with Gasteiger partial charge in [0.25, 0.3) is 0 Å². The summed E-state index contributed by atoms with van der Waals surface area (Å²) in [7, 11) is 0. The summed E-state index contributed by atoms with van der Waals surface area (Å²) in [5, 5.41) is 18.7. The molecule has 0 aromatic rings. The minimum atomic E-state index is -2.19. The van der Waals surface area contributed by atoms with Crippen LogP contribution in [0.2, 0.25) is 0 Å². The molecule has 3 unspecified atom stereocenters. The van der Waals surface area contributed by atoms with Gasteiger partial charge in [0.2, 0.25) is 0 Å². The maximum atomic E-state index is 12.5. The number of hydrogen-bond donors (Lipinski definition) is 7. The van der Waals surface area contributed by atoms with E-state index in [0.29, 0.717) is 38.8 Å². The minimum absolute atomic E-state index is 0.101. The summed E-state index contributed by atoms with van der Waals surface area (Å²) >= 11 is 0. The fourth-order valence-corrected chi connectivity index (χ4v) is 2.77. The quantitative estimate of drug-likeness (QED) is 0.110. The topological polar surface area (TPSA) is 239 Å². The van der Waals surface area contributed by atoms with E-state index in [1.54, 1.807) is 0 Å². The molecule has 0 bridgehead atoms. The number of aliphatic carboxylic acids is 2. The van der Waals surface area contributed by atoms with Gasteiger partial charge >= 0.3 is 11.9 Å². The molecule has 3 atom stereocenters. The van der Waals surface area contributed by atoms with Crippen LogP contribution in [0.5, 0.6) is 0 Å². The fourth-order valence-electron chi connectivity index (χ4n) is 2.77. The predicted octanol–water partition coefficient (Wildman–Crippen LogP) is -1.95. The second kappa shape index (κ2) is 11.8. The molecule has 12 N–H and O–H groups in total. The number of rotatable bonds is 16. The van der Waals surface area contributed by atoms with E-state index in [1.807, 2.05) is 0 Å². The molecule has 0 heterocycles. The van der Waals surface area contributed by atoms with Crippen molar-refractivity contribution in [2.24, 2.45) is 28.7 Å². The van der Waals surface area contributed by atoms with Gasteiger partial charge in [0.15, 0.2) is 22.6 Å². The lowest BCUT2D eigenvalue weighted by Crippen LogP contribution is -2.60. The van der Waals surface area contributed by atoms with Crippen molar-refractivity contribution in [3.63, 3.8) is 0 Å². The molecule has 11 heteroatoms. The first-order valence-corrected chi connectivity index (χ1v) is 9.25. The van der Waals surface area contributed by atoms with E-state index in [4.69, 9.17) is 28.7 Å². The van der Waals surface area contributed by atoms with Crippen molar-refractivity contribution >= 4 is 23.5 Å². The van der Waals surface area contributed by atoms with Gasteiger partial charge < -0.3 is 38.9 Å². The van der Waals surface area contributed by atoms with E-state index < -0.39 is 47.0 Å². The summed E-state index contributed by atoms with van der Waals surface area (Å²) in [5.74, 6) is -4.71. The molecule has 0 radical (unpaired) electrons. The fraction of sp³-hybridized carbons (Fsp3) is 0.765. The minimum Gasteiger partial charge on any atom is -0.480 e. The zero-order valence-corrected chi connectivity index (χ0v) is 16.1. The molecule has 0 spiro atoms. The molecule has 0 saturated heterocycles. The Bertz CT molecular complexity index is 572. The number of nitrogens with two attached hydrogens (primary N) is 5. The Hall–Kier alpha value is -1.92. The van der Waals surface area contributed by atoms with Crippen molar-refractivity contribution in [3.8, 4) is 0 Å². The van der Waals surface area contributed by atoms with Gasteiger partial charge in [0.05, 0.1) is 6.04 Å². The van der Waals surface area contributed by atoms with Crippen LogP contribution in [-0.2, 0) is 19.2 Å². The average molecular weight is 403 g/mol. The van der Waals surface area contributed by atoms with Gasteiger partial charge in [-0.2, -0.15) is 0 Å². The molecule has 0 aliphatic rings. The highest BCUT2D eigenvalue weighted by Crippen LogP contribution is 2.20. The summed E-state index contributed by atoms with van der Waals surface area (Å²) in [5.41, 5.74) is 23.7. The number of carbonyl (C=O) groups excluding carboxylic acids is 2. The molecular formula is C17H33N5O6. The lowest BCUT2D eigenvalue weighted by atomic mass is 9.82. The normalized spacial score (nSPS) is 16.6. The number of carbonyl (C=O) groups is 4. The SMILES string of the molecule is NCCCCC(N)(C(=O)O)C(=O)CCC(N)C(=O)C(N)(CCCCN)C(=O)O. The molecule has 0 aromatic carbocycles. The number of unbranched alkanes of at least 4 members (excludes halogenated alkanes) is 2. The van der Waals surface area contributed by atoms with Crippen molar-refractivity contribution in [2.45, 2.75) is 68.5 Å². The molecule has 11 nitrogen and oxygen atoms in total. The van der Waals surface area contributed by atoms with Crippen LogP contribution in [0.15, 0.2) is 0 Å². The first-order chi connectivity index (χ1) is 13.0. The van der Waals surface area contributed by atoms with Crippen LogP contribution in [0.25, 0.3) is 0 Å². The largest absolute Gasteiger partial charge is 0.480 e. The molecule has 162 valence electrons. The van der Waals surface area contributed by atoms with Gasteiger partial charge in [0, 0.05) is 6.42 Å². The van der Waals surface area contributed by atoms with Gasteiger partial charge in [-0.25, -0.2) is 9.59 Å². The van der Waals surface area contributed by atoms with Crippen LogP contribution < -0.4 is 28.7 Å². The maximum absolute atomic E-state index is 12.5. The molecule has 0 aromatic heterocycles. The number of carboxylic acids is 2. The van der Waals surface area contributed by atoms with Crippen LogP contribution in [0.1, 0.15) is 51.4 Å². The summed E-state index contributed by atoms with van der Waals surface area (Å²) in [4.78, 5) is 47.8. The monoisotopic (exact) mass is 403 g/mol. The van der Waals surface area contributed by atoms with Crippen LogP contribution in [-0.4, -0.2) is 63.9 Å². The van der Waals surface area contributed by atoms with E-state index >= 15 is 0 Å². The number of carboxylic acid groups (broad SMARTS) is 2. The molecular weight excluding hydrogens is 370 g/mol. The Morgan fingerprint density at radius 1 is 0.786 bits per heavy atom. The van der Waals surface area contributed by atoms with E-state index in [0.717, 1.165) is 0 Å². The maximum Gasteiger partial charge on any atom is 0.331 e. The molecule has 0 aliphatic heterocycles. The third kappa shape index (κ3) is 6.91. The van der Waals surface area contributed by atoms with E-state index in [-0.39, 0.29) is 19.3 Å².